The standard InChI is InChI=1S/C20H18N8O4/c1-30-14-10-6-9-13(17(14)31-2)11-22-24-20(29)15-16(12-7-4-3-5-8-12)28(27-23-15)19-18(21)25-32-26-19/h3-11H,1-2H3,(H2,21,25)(H,24,29). The SMILES string of the molecule is COc1cccc(C=NNC(=O)c2nnn(-c3nonc3N)c2-c2ccccc2)c1OC. The largest absolute Gasteiger partial charge is 0.493 e. The zero-order valence-corrected chi connectivity index (χ0v) is 17.1. The van der Waals surface area contributed by atoms with E-state index in [-0.39, 0.29) is 17.3 Å². The van der Waals surface area contributed by atoms with Gasteiger partial charge in [-0.2, -0.15) is 9.78 Å². The van der Waals surface area contributed by atoms with Crippen LogP contribution in [0.2, 0.25) is 0 Å². The fourth-order valence-corrected chi connectivity index (χ4v) is 3.00. The van der Waals surface area contributed by atoms with Crippen molar-refractivity contribution in [2.75, 3.05) is 20.0 Å². The number of nitrogen functional groups attached to an aromatic ring is 1. The maximum atomic E-state index is 12.9. The number of nitrogens with zero attached hydrogens (tertiary/aromatic N) is 6. The smallest absolute Gasteiger partial charge is 0.294 e. The first-order valence-electron chi connectivity index (χ1n) is 9.28. The molecule has 0 saturated heterocycles. The Morgan fingerprint density at radius 2 is 1.94 bits per heavy atom. The molecule has 162 valence electrons. The quantitative estimate of drug-likeness (QED) is 0.326. The van der Waals surface area contributed by atoms with E-state index in [0.29, 0.717) is 28.3 Å². The molecule has 0 fully saturated rings. The van der Waals surface area contributed by atoms with Crippen molar-refractivity contribution >= 4 is 17.9 Å². The van der Waals surface area contributed by atoms with Crippen LogP contribution in [0.4, 0.5) is 5.82 Å². The van der Waals surface area contributed by atoms with Gasteiger partial charge in [-0.15, -0.1) is 5.10 Å². The Morgan fingerprint density at radius 1 is 1.12 bits per heavy atom. The number of para-hydroxylation sites is 1. The van der Waals surface area contributed by atoms with Gasteiger partial charge < -0.3 is 15.2 Å². The van der Waals surface area contributed by atoms with E-state index < -0.39 is 5.91 Å². The number of amides is 1. The summed E-state index contributed by atoms with van der Waals surface area (Å²) >= 11 is 0. The van der Waals surface area contributed by atoms with E-state index >= 15 is 0 Å². The van der Waals surface area contributed by atoms with Gasteiger partial charge in [0, 0.05) is 11.1 Å². The lowest BCUT2D eigenvalue weighted by molar-refractivity contribution is 0.0950. The van der Waals surface area contributed by atoms with Crippen LogP contribution in [0, 0.1) is 0 Å². The lowest BCUT2D eigenvalue weighted by atomic mass is 10.1. The number of hydrogen-bond acceptors (Lipinski definition) is 10. The summed E-state index contributed by atoms with van der Waals surface area (Å²) in [5, 5.41) is 19.3. The highest BCUT2D eigenvalue weighted by Crippen LogP contribution is 2.29. The van der Waals surface area contributed by atoms with Crippen molar-refractivity contribution in [3.63, 3.8) is 0 Å². The molecular formula is C20H18N8O4. The summed E-state index contributed by atoms with van der Waals surface area (Å²) in [6, 6.07) is 14.3. The molecule has 4 aromatic rings. The van der Waals surface area contributed by atoms with E-state index in [1.54, 1.807) is 30.3 Å². The summed E-state index contributed by atoms with van der Waals surface area (Å²) in [5.41, 5.74) is 9.87. The maximum Gasteiger partial charge on any atom is 0.294 e. The van der Waals surface area contributed by atoms with Crippen molar-refractivity contribution in [3.8, 4) is 28.6 Å². The van der Waals surface area contributed by atoms with Crippen LogP contribution in [0.5, 0.6) is 11.5 Å². The predicted octanol–water partition coefficient (Wildman–Crippen LogP) is 1.68. The molecule has 32 heavy (non-hydrogen) atoms. The number of nitrogens with one attached hydrogen (secondary N) is 1. The first-order chi connectivity index (χ1) is 15.6. The molecule has 2 heterocycles. The molecule has 0 atom stereocenters. The van der Waals surface area contributed by atoms with Crippen LogP contribution in [0.25, 0.3) is 17.1 Å². The van der Waals surface area contributed by atoms with Crippen molar-refractivity contribution in [2.45, 2.75) is 0 Å². The third-order valence-corrected chi connectivity index (χ3v) is 4.43. The normalized spacial score (nSPS) is 10.9. The number of methoxy groups -OCH3 is 2. The first-order valence-corrected chi connectivity index (χ1v) is 9.28. The molecule has 0 aliphatic carbocycles. The monoisotopic (exact) mass is 434 g/mol. The summed E-state index contributed by atoms with van der Waals surface area (Å²) < 4.78 is 16.6. The van der Waals surface area contributed by atoms with Crippen LogP contribution in [-0.4, -0.2) is 51.6 Å². The topological polar surface area (TPSA) is 156 Å². The lowest BCUT2D eigenvalue weighted by Gasteiger charge is -2.09. The third-order valence-electron chi connectivity index (χ3n) is 4.43. The molecule has 3 N–H and O–H groups in total. The molecule has 2 aromatic heterocycles. The second-order valence-electron chi connectivity index (χ2n) is 6.32. The van der Waals surface area contributed by atoms with Gasteiger partial charge in [0.05, 0.1) is 20.4 Å². The second kappa shape index (κ2) is 8.95. The van der Waals surface area contributed by atoms with E-state index in [9.17, 15) is 4.79 Å². The number of nitrogens with two attached hydrogens (primary N) is 1. The summed E-state index contributed by atoms with van der Waals surface area (Å²) in [7, 11) is 3.05. The Hall–Kier alpha value is -4.74. The minimum atomic E-state index is -0.594. The van der Waals surface area contributed by atoms with Gasteiger partial charge in [-0.1, -0.05) is 41.6 Å². The van der Waals surface area contributed by atoms with Gasteiger partial charge in [-0.25, -0.2) is 10.1 Å². The Labute approximate surface area is 181 Å². The van der Waals surface area contributed by atoms with Crippen LogP contribution in [0.15, 0.2) is 58.3 Å². The number of hydrogen-bond donors (Lipinski definition) is 2. The highest BCUT2D eigenvalue weighted by molar-refractivity contribution is 5.99. The minimum absolute atomic E-state index is 0.00202. The highest BCUT2D eigenvalue weighted by Gasteiger charge is 2.25. The van der Waals surface area contributed by atoms with Gasteiger partial charge in [0.1, 0.15) is 5.69 Å². The minimum Gasteiger partial charge on any atom is -0.493 e. The Balaban J connectivity index is 1.66. The molecular weight excluding hydrogens is 416 g/mol. The van der Waals surface area contributed by atoms with E-state index in [4.69, 9.17) is 15.2 Å². The molecule has 2 aromatic carbocycles. The summed E-state index contributed by atoms with van der Waals surface area (Å²) in [5.74, 6) is 0.541. The van der Waals surface area contributed by atoms with E-state index in [1.807, 2.05) is 18.2 Å². The van der Waals surface area contributed by atoms with E-state index in [0.717, 1.165) is 0 Å². The third kappa shape index (κ3) is 3.84. The highest BCUT2D eigenvalue weighted by atomic mass is 16.6. The lowest BCUT2D eigenvalue weighted by Crippen LogP contribution is -2.19. The van der Waals surface area contributed by atoms with Gasteiger partial charge in [0.2, 0.25) is 11.6 Å². The Bertz CT molecular complexity index is 1270. The molecule has 0 aliphatic rings. The average Bonchev–Trinajstić information content (AvgIpc) is 3.45. The van der Waals surface area contributed by atoms with Crippen LogP contribution >= 0.6 is 0 Å². The zero-order valence-electron chi connectivity index (χ0n) is 17.1. The molecule has 0 saturated carbocycles. The fourth-order valence-electron chi connectivity index (χ4n) is 3.00. The predicted molar refractivity (Wildman–Crippen MR) is 114 cm³/mol. The summed E-state index contributed by atoms with van der Waals surface area (Å²) in [4.78, 5) is 12.9. The average molecular weight is 434 g/mol. The molecule has 0 unspecified atom stereocenters. The molecule has 0 aliphatic heterocycles. The molecule has 0 bridgehead atoms. The van der Waals surface area contributed by atoms with Gasteiger partial charge in [-0.3, -0.25) is 4.79 Å². The number of aromatic nitrogens is 5. The Kier molecular flexibility index (Phi) is 5.74. The van der Waals surface area contributed by atoms with Crippen LogP contribution in [0.1, 0.15) is 16.1 Å². The van der Waals surface area contributed by atoms with Crippen LogP contribution in [0.3, 0.4) is 0 Å². The number of carbonyl (C=O) groups is 1. The van der Waals surface area contributed by atoms with Crippen molar-refractivity contribution in [1.29, 1.82) is 0 Å². The molecule has 12 heteroatoms. The van der Waals surface area contributed by atoms with Gasteiger partial charge in [0.15, 0.2) is 17.2 Å². The second-order valence-corrected chi connectivity index (χ2v) is 6.32. The molecule has 1 amide bonds. The molecule has 0 radical (unpaired) electrons. The summed E-state index contributed by atoms with van der Waals surface area (Å²) in [6.07, 6.45) is 1.44. The van der Waals surface area contributed by atoms with Crippen LogP contribution < -0.4 is 20.6 Å². The van der Waals surface area contributed by atoms with Crippen molar-refractivity contribution < 1.29 is 18.9 Å². The number of anilines is 1. The number of benzene rings is 2. The van der Waals surface area contributed by atoms with Gasteiger partial charge in [0.25, 0.3) is 5.91 Å². The van der Waals surface area contributed by atoms with Crippen LogP contribution in [-0.2, 0) is 0 Å². The van der Waals surface area contributed by atoms with Gasteiger partial charge in [-0.05, 0) is 22.4 Å². The van der Waals surface area contributed by atoms with Gasteiger partial charge >= 0.3 is 0 Å². The summed E-state index contributed by atoms with van der Waals surface area (Å²) in [6.45, 7) is 0. The first kappa shape index (κ1) is 20.5. The number of ether oxygens (including phenoxy) is 2. The molecule has 0 spiro atoms. The molecule has 12 nitrogen and oxygen atoms in total. The number of hydrazone groups is 1. The number of carbonyl (C=O) groups excluding carboxylic acids is 1. The zero-order chi connectivity index (χ0) is 22.5. The maximum absolute atomic E-state index is 12.9. The van der Waals surface area contributed by atoms with E-state index in [1.165, 1.54) is 25.1 Å². The van der Waals surface area contributed by atoms with Crippen molar-refractivity contribution in [1.82, 2.24) is 30.7 Å². The van der Waals surface area contributed by atoms with Crippen molar-refractivity contribution in [3.05, 3.63) is 59.8 Å². The molecule has 4 rings (SSSR count). The van der Waals surface area contributed by atoms with Crippen molar-refractivity contribution in [2.24, 2.45) is 5.10 Å². The number of rotatable bonds is 7. The van der Waals surface area contributed by atoms with E-state index in [2.05, 4.69) is 35.8 Å². The fraction of sp³-hybridized carbons (Fsp3) is 0.100. The Morgan fingerprint density at radius 3 is 2.62 bits per heavy atom.